The minimum atomic E-state index is -4.80. The van der Waals surface area contributed by atoms with Crippen LogP contribution in [0.5, 0.6) is 0 Å². The van der Waals surface area contributed by atoms with Crippen LogP contribution < -0.4 is 9.62 Å². The average molecular weight is 530 g/mol. The lowest BCUT2D eigenvalue weighted by atomic mass is 10.1. The lowest BCUT2D eigenvalue weighted by molar-refractivity contribution is 0.0608. The summed E-state index contributed by atoms with van der Waals surface area (Å²) in [6.45, 7) is 6.33. The number of aromatic nitrogens is 1. The van der Waals surface area contributed by atoms with Gasteiger partial charge in [0.15, 0.2) is 5.82 Å². The first-order chi connectivity index (χ1) is 15.8. The fourth-order valence-electron chi connectivity index (χ4n) is 3.00. The largest absolute Gasteiger partial charge is 0.443 e. The third-order valence-corrected chi connectivity index (χ3v) is 7.04. The van der Waals surface area contributed by atoms with Crippen molar-refractivity contribution in [1.29, 1.82) is 0 Å². The van der Waals surface area contributed by atoms with Crippen LogP contribution >= 0.6 is 22.9 Å². The quantitative estimate of drug-likeness (QED) is 0.398. The number of benzene rings is 2. The third-order valence-electron chi connectivity index (χ3n) is 4.47. The molecule has 2 aromatic carbocycles. The van der Waals surface area contributed by atoms with E-state index < -0.39 is 44.3 Å². The minimum Gasteiger partial charge on any atom is -0.443 e. The van der Waals surface area contributed by atoms with Crippen molar-refractivity contribution in [2.75, 3.05) is 9.62 Å². The van der Waals surface area contributed by atoms with Gasteiger partial charge in [-0.05, 0) is 45.9 Å². The maximum atomic E-state index is 15.1. The van der Waals surface area contributed by atoms with Crippen LogP contribution in [0.3, 0.4) is 0 Å². The molecule has 3 aromatic rings. The van der Waals surface area contributed by atoms with Crippen molar-refractivity contribution in [2.45, 2.75) is 44.2 Å². The lowest BCUT2D eigenvalue weighted by Crippen LogP contribution is -2.41. The zero-order valence-electron chi connectivity index (χ0n) is 18.7. The van der Waals surface area contributed by atoms with Crippen molar-refractivity contribution in [1.82, 2.24) is 4.98 Å². The Kier molecular flexibility index (Phi) is 7.49. The molecular weight excluding hydrogens is 508 g/mol. The van der Waals surface area contributed by atoms with Crippen LogP contribution in [0.15, 0.2) is 52.2 Å². The molecule has 1 N–H and O–H groups in total. The van der Waals surface area contributed by atoms with Gasteiger partial charge in [0, 0.05) is 10.9 Å². The van der Waals surface area contributed by atoms with E-state index in [0.29, 0.717) is 9.87 Å². The molecule has 0 unspecified atom stereocenters. The van der Waals surface area contributed by atoms with Crippen molar-refractivity contribution < 1.29 is 26.7 Å². The summed E-state index contributed by atoms with van der Waals surface area (Å²) in [5, 5.41) is 4.04. The van der Waals surface area contributed by atoms with Gasteiger partial charge in [0.25, 0.3) is 10.0 Å². The third kappa shape index (κ3) is 5.65. The molecule has 34 heavy (non-hydrogen) atoms. The Morgan fingerprint density at radius 3 is 2.47 bits per heavy atom. The second-order valence-corrected chi connectivity index (χ2v) is 11.1. The molecule has 0 aliphatic rings. The number of sulfonamides is 1. The van der Waals surface area contributed by atoms with E-state index in [1.807, 2.05) is 0 Å². The van der Waals surface area contributed by atoms with Crippen LogP contribution in [0.2, 0.25) is 5.02 Å². The van der Waals surface area contributed by atoms with Gasteiger partial charge in [0.1, 0.15) is 22.1 Å². The normalized spacial score (nSPS) is 12.8. The summed E-state index contributed by atoms with van der Waals surface area (Å²) in [7, 11) is -4.80. The average Bonchev–Trinajstić information content (AvgIpc) is 3.23. The van der Waals surface area contributed by atoms with E-state index in [1.54, 1.807) is 39.8 Å². The fourth-order valence-corrected chi connectivity index (χ4v) is 5.21. The Hall–Kier alpha value is -2.76. The summed E-state index contributed by atoms with van der Waals surface area (Å²) in [5.41, 5.74) is 0.665. The van der Waals surface area contributed by atoms with Gasteiger partial charge < -0.3 is 10.1 Å². The first-order valence-electron chi connectivity index (χ1n) is 9.98. The molecule has 1 heterocycles. The van der Waals surface area contributed by atoms with Gasteiger partial charge in [-0.3, -0.25) is 0 Å². The van der Waals surface area contributed by atoms with Gasteiger partial charge in [0.05, 0.1) is 22.3 Å². The van der Waals surface area contributed by atoms with E-state index in [0.717, 1.165) is 23.5 Å². The summed E-state index contributed by atoms with van der Waals surface area (Å²) >= 11 is 7.30. The highest BCUT2D eigenvalue weighted by Crippen LogP contribution is 2.34. The molecule has 0 aliphatic carbocycles. The van der Waals surface area contributed by atoms with Crippen molar-refractivity contribution in [3.63, 3.8) is 0 Å². The summed E-state index contributed by atoms with van der Waals surface area (Å²) in [5.74, 6) is -1.88. The molecule has 0 aliphatic heterocycles. The predicted molar refractivity (Wildman–Crippen MR) is 128 cm³/mol. The number of nitrogens with zero attached hydrogens (tertiary/aromatic N) is 2. The molecule has 12 heteroatoms. The number of rotatable bonds is 6. The molecule has 3 rings (SSSR count). The van der Waals surface area contributed by atoms with E-state index in [4.69, 9.17) is 16.3 Å². The number of thiazole rings is 1. The number of amides is 1. The Labute approximate surface area is 205 Å². The first-order valence-corrected chi connectivity index (χ1v) is 12.7. The van der Waals surface area contributed by atoms with Crippen molar-refractivity contribution >= 4 is 50.6 Å². The van der Waals surface area contributed by atoms with Crippen LogP contribution in [-0.2, 0) is 14.8 Å². The van der Waals surface area contributed by atoms with Gasteiger partial charge in [-0.2, -0.15) is 0 Å². The zero-order valence-corrected chi connectivity index (χ0v) is 21.1. The predicted octanol–water partition coefficient (Wildman–Crippen LogP) is 6.38. The molecule has 1 amide bonds. The molecule has 7 nitrogen and oxygen atoms in total. The highest BCUT2D eigenvalue weighted by Gasteiger charge is 2.38. The molecule has 0 spiro atoms. The fraction of sp³-hybridized carbons (Fsp3) is 0.273. The SMILES string of the molecule is C[C@H](Nc1cc(F)c(S(=O)(=O)N(C(=O)OC(C)(C)C)c2cscn2)cc1Cl)c1ccccc1F. The molecule has 1 atom stereocenters. The van der Waals surface area contributed by atoms with E-state index in [9.17, 15) is 17.6 Å². The van der Waals surface area contributed by atoms with E-state index >= 15 is 4.39 Å². The Morgan fingerprint density at radius 1 is 1.21 bits per heavy atom. The van der Waals surface area contributed by atoms with Crippen molar-refractivity contribution in [3.05, 3.63) is 69.5 Å². The summed E-state index contributed by atoms with van der Waals surface area (Å²) < 4.78 is 61.4. The molecule has 182 valence electrons. The highest BCUT2D eigenvalue weighted by molar-refractivity contribution is 7.93. The van der Waals surface area contributed by atoms with Crippen molar-refractivity contribution in [3.8, 4) is 0 Å². The molecule has 0 fully saturated rings. The van der Waals surface area contributed by atoms with Gasteiger partial charge in [0.2, 0.25) is 0 Å². The summed E-state index contributed by atoms with van der Waals surface area (Å²) in [6, 6.07) is 7.19. The lowest BCUT2D eigenvalue weighted by Gasteiger charge is -2.26. The molecule has 1 aromatic heterocycles. The Bertz CT molecular complexity index is 1300. The summed E-state index contributed by atoms with van der Waals surface area (Å²) in [4.78, 5) is 15.8. The Morgan fingerprint density at radius 2 is 1.88 bits per heavy atom. The maximum Gasteiger partial charge on any atom is 0.430 e. The number of nitrogens with one attached hydrogen (secondary N) is 1. The van der Waals surface area contributed by atoms with Crippen LogP contribution in [0.1, 0.15) is 39.3 Å². The molecular formula is C22H22ClF2N3O4S2. The molecule has 0 bridgehead atoms. The van der Waals surface area contributed by atoms with Crippen LogP contribution in [0.25, 0.3) is 0 Å². The number of hydrogen-bond acceptors (Lipinski definition) is 7. The Balaban J connectivity index is 2.00. The number of ether oxygens (including phenoxy) is 1. The molecule has 0 radical (unpaired) electrons. The number of carbonyl (C=O) groups excluding carboxylic acids is 1. The monoisotopic (exact) mass is 529 g/mol. The van der Waals surface area contributed by atoms with E-state index in [2.05, 4.69) is 10.3 Å². The van der Waals surface area contributed by atoms with E-state index in [1.165, 1.54) is 23.0 Å². The van der Waals surface area contributed by atoms with Crippen molar-refractivity contribution in [2.24, 2.45) is 0 Å². The maximum absolute atomic E-state index is 15.1. The van der Waals surface area contributed by atoms with Gasteiger partial charge in [-0.25, -0.2) is 27.0 Å². The van der Waals surface area contributed by atoms with Crippen LogP contribution in [0.4, 0.5) is 25.1 Å². The van der Waals surface area contributed by atoms with Crippen LogP contribution in [0, 0.1) is 11.6 Å². The standard InChI is InChI=1S/C22H22ClF2N3O4S2/c1-13(14-7-5-6-8-16(14)24)27-18-10-17(25)19(9-15(18)23)34(30,31)28(20-11-33-12-26-20)21(29)32-22(2,3)4/h5-13,27H,1-4H3/t13-/m0/s1. The van der Waals surface area contributed by atoms with Crippen LogP contribution in [-0.4, -0.2) is 25.1 Å². The second kappa shape index (κ2) is 9.85. The highest BCUT2D eigenvalue weighted by atomic mass is 35.5. The number of hydrogen-bond donors (Lipinski definition) is 1. The second-order valence-electron chi connectivity index (χ2n) is 8.25. The molecule has 0 saturated heterocycles. The number of halogens is 3. The number of carbonyl (C=O) groups is 1. The molecule has 0 saturated carbocycles. The summed E-state index contributed by atoms with van der Waals surface area (Å²) in [6.07, 6.45) is -1.25. The van der Waals surface area contributed by atoms with Gasteiger partial charge >= 0.3 is 6.09 Å². The smallest absolute Gasteiger partial charge is 0.430 e. The number of anilines is 2. The van der Waals surface area contributed by atoms with Gasteiger partial charge in [-0.15, -0.1) is 15.6 Å². The minimum absolute atomic E-state index is 0.0475. The zero-order chi connectivity index (χ0) is 25.3. The topological polar surface area (TPSA) is 88.6 Å². The van der Waals surface area contributed by atoms with Gasteiger partial charge in [-0.1, -0.05) is 29.8 Å². The first kappa shape index (κ1) is 25.9. The van der Waals surface area contributed by atoms with E-state index in [-0.39, 0.29) is 16.5 Å².